The number of benzene rings is 1. The topological polar surface area (TPSA) is 15.3 Å². The van der Waals surface area contributed by atoms with Gasteiger partial charge in [0, 0.05) is 25.2 Å². The average molecular weight is 276 g/mol. The summed E-state index contributed by atoms with van der Waals surface area (Å²) < 4.78 is 13.0. The number of nitrogens with zero attached hydrogens (tertiary/aromatic N) is 1. The van der Waals surface area contributed by atoms with Crippen molar-refractivity contribution in [2.45, 2.75) is 44.7 Å². The lowest BCUT2D eigenvalue weighted by atomic mass is 10.0. The van der Waals surface area contributed by atoms with Crippen LogP contribution in [0.25, 0.3) is 0 Å². The van der Waals surface area contributed by atoms with Crippen molar-refractivity contribution in [3.63, 3.8) is 0 Å². The smallest absolute Gasteiger partial charge is 0.123 e. The summed E-state index contributed by atoms with van der Waals surface area (Å²) in [4.78, 5) is 2.67. The van der Waals surface area contributed by atoms with E-state index in [1.54, 1.807) is 12.1 Å². The summed E-state index contributed by atoms with van der Waals surface area (Å²) in [5.41, 5.74) is 1.21. The second kappa shape index (κ2) is 6.23. The molecule has 3 heteroatoms. The van der Waals surface area contributed by atoms with Crippen LogP contribution in [0.1, 0.15) is 44.2 Å². The van der Waals surface area contributed by atoms with Gasteiger partial charge in [0.2, 0.25) is 0 Å². The molecule has 1 aromatic carbocycles. The van der Waals surface area contributed by atoms with E-state index in [2.05, 4.69) is 17.1 Å². The van der Waals surface area contributed by atoms with Crippen molar-refractivity contribution in [2.75, 3.05) is 19.6 Å². The highest BCUT2D eigenvalue weighted by molar-refractivity contribution is 5.20. The van der Waals surface area contributed by atoms with Crippen LogP contribution in [-0.2, 0) is 0 Å². The molecule has 1 aliphatic heterocycles. The van der Waals surface area contributed by atoms with Gasteiger partial charge in [-0.1, -0.05) is 19.1 Å². The molecule has 2 bridgehead atoms. The van der Waals surface area contributed by atoms with Gasteiger partial charge in [0.25, 0.3) is 0 Å². The SMILES string of the molecule is CCNC(CCN1CC2CCC1C2)c1ccc(F)cc1. The summed E-state index contributed by atoms with van der Waals surface area (Å²) in [7, 11) is 0. The molecule has 110 valence electrons. The molecule has 0 aromatic heterocycles. The van der Waals surface area contributed by atoms with Crippen molar-refractivity contribution in [3.05, 3.63) is 35.6 Å². The normalized spacial score (nSPS) is 27.1. The summed E-state index contributed by atoms with van der Waals surface area (Å²) in [6.07, 6.45) is 5.37. The number of rotatable bonds is 6. The second-order valence-electron chi connectivity index (χ2n) is 6.28. The van der Waals surface area contributed by atoms with Gasteiger partial charge >= 0.3 is 0 Å². The first-order valence-electron chi connectivity index (χ1n) is 7.99. The zero-order chi connectivity index (χ0) is 13.9. The van der Waals surface area contributed by atoms with Gasteiger partial charge in [-0.15, -0.1) is 0 Å². The number of piperidine rings is 1. The van der Waals surface area contributed by atoms with Crippen LogP contribution >= 0.6 is 0 Å². The molecule has 3 unspecified atom stereocenters. The summed E-state index contributed by atoms with van der Waals surface area (Å²) in [6, 6.07) is 8.15. The van der Waals surface area contributed by atoms with Crippen molar-refractivity contribution < 1.29 is 4.39 Å². The Kier molecular flexibility index (Phi) is 4.37. The molecule has 1 aliphatic carbocycles. The van der Waals surface area contributed by atoms with Crippen LogP contribution < -0.4 is 5.32 Å². The van der Waals surface area contributed by atoms with Crippen LogP contribution in [0.3, 0.4) is 0 Å². The molecular weight excluding hydrogens is 251 g/mol. The van der Waals surface area contributed by atoms with Crippen molar-refractivity contribution >= 4 is 0 Å². The van der Waals surface area contributed by atoms with Crippen LogP contribution in [0.15, 0.2) is 24.3 Å². The van der Waals surface area contributed by atoms with Gasteiger partial charge < -0.3 is 10.2 Å². The molecule has 0 radical (unpaired) electrons. The zero-order valence-corrected chi connectivity index (χ0v) is 12.3. The number of fused-ring (bicyclic) bond motifs is 2. The fraction of sp³-hybridized carbons (Fsp3) is 0.647. The average Bonchev–Trinajstić information content (AvgIpc) is 3.07. The maximum atomic E-state index is 13.0. The molecule has 20 heavy (non-hydrogen) atoms. The highest BCUT2D eigenvalue weighted by Crippen LogP contribution is 2.37. The van der Waals surface area contributed by atoms with Gasteiger partial charge in [-0.3, -0.25) is 0 Å². The number of nitrogens with one attached hydrogen (secondary N) is 1. The number of likely N-dealkylation sites (tertiary alicyclic amines) is 1. The van der Waals surface area contributed by atoms with Crippen molar-refractivity contribution in [3.8, 4) is 0 Å². The fourth-order valence-corrected chi connectivity index (χ4v) is 3.92. The molecule has 0 amide bonds. The Labute approximate surface area is 121 Å². The van der Waals surface area contributed by atoms with Crippen molar-refractivity contribution in [1.82, 2.24) is 10.2 Å². The number of hydrogen-bond donors (Lipinski definition) is 1. The van der Waals surface area contributed by atoms with Crippen LogP contribution in [-0.4, -0.2) is 30.6 Å². The third-order valence-electron chi connectivity index (χ3n) is 4.95. The molecular formula is C17H25FN2. The van der Waals surface area contributed by atoms with E-state index in [0.717, 1.165) is 31.5 Å². The Morgan fingerprint density at radius 3 is 2.70 bits per heavy atom. The summed E-state index contributed by atoms with van der Waals surface area (Å²) in [5, 5.41) is 3.54. The van der Waals surface area contributed by atoms with E-state index in [1.165, 1.54) is 31.4 Å². The zero-order valence-electron chi connectivity index (χ0n) is 12.3. The molecule has 1 N–H and O–H groups in total. The standard InChI is InChI=1S/C17H25FN2/c1-2-19-17(14-4-6-15(18)7-5-14)9-10-20-12-13-3-8-16(20)11-13/h4-7,13,16-17,19H,2-3,8-12H2,1H3. The third kappa shape index (κ3) is 3.04. The number of halogens is 1. The van der Waals surface area contributed by atoms with Gasteiger partial charge in [-0.2, -0.15) is 0 Å². The van der Waals surface area contributed by atoms with E-state index < -0.39 is 0 Å². The maximum Gasteiger partial charge on any atom is 0.123 e. The fourth-order valence-electron chi connectivity index (χ4n) is 3.92. The molecule has 2 fully saturated rings. The van der Waals surface area contributed by atoms with Crippen LogP contribution in [0.2, 0.25) is 0 Å². The maximum absolute atomic E-state index is 13.0. The Bertz CT molecular complexity index is 431. The Balaban J connectivity index is 1.58. The van der Waals surface area contributed by atoms with Crippen LogP contribution in [0.5, 0.6) is 0 Å². The first kappa shape index (κ1) is 14.0. The minimum Gasteiger partial charge on any atom is -0.310 e. The predicted octanol–water partition coefficient (Wildman–Crippen LogP) is 3.35. The molecule has 2 nitrogen and oxygen atoms in total. The molecule has 1 aromatic rings. The van der Waals surface area contributed by atoms with Crippen molar-refractivity contribution in [2.24, 2.45) is 5.92 Å². The molecule has 3 atom stereocenters. The van der Waals surface area contributed by atoms with E-state index in [9.17, 15) is 4.39 Å². The van der Waals surface area contributed by atoms with E-state index in [-0.39, 0.29) is 5.82 Å². The molecule has 0 spiro atoms. The van der Waals surface area contributed by atoms with E-state index in [1.807, 2.05) is 12.1 Å². The Morgan fingerprint density at radius 2 is 2.10 bits per heavy atom. The van der Waals surface area contributed by atoms with E-state index in [0.29, 0.717) is 6.04 Å². The molecule has 2 aliphatic rings. The van der Waals surface area contributed by atoms with Gasteiger partial charge in [-0.25, -0.2) is 4.39 Å². The van der Waals surface area contributed by atoms with Gasteiger partial charge in [-0.05, 0) is 55.8 Å². The first-order valence-corrected chi connectivity index (χ1v) is 7.99. The second-order valence-corrected chi connectivity index (χ2v) is 6.28. The lowest BCUT2D eigenvalue weighted by molar-refractivity contribution is 0.203. The molecule has 1 saturated carbocycles. The Hall–Kier alpha value is -0.930. The van der Waals surface area contributed by atoms with Gasteiger partial charge in [0.1, 0.15) is 5.82 Å². The predicted molar refractivity (Wildman–Crippen MR) is 80.1 cm³/mol. The molecule has 1 heterocycles. The number of hydrogen-bond acceptors (Lipinski definition) is 2. The van der Waals surface area contributed by atoms with E-state index >= 15 is 0 Å². The largest absolute Gasteiger partial charge is 0.310 e. The lowest BCUT2D eigenvalue weighted by Crippen LogP contribution is -2.35. The van der Waals surface area contributed by atoms with Gasteiger partial charge in [0.05, 0.1) is 0 Å². The monoisotopic (exact) mass is 276 g/mol. The lowest BCUT2D eigenvalue weighted by Gasteiger charge is -2.29. The first-order chi connectivity index (χ1) is 9.76. The quantitative estimate of drug-likeness (QED) is 0.857. The summed E-state index contributed by atoms with van der Waals surface area (Å²) in [6.45, 7) is 5.55. The summed E-state index contributed by atoms with van der Waals surface area (Å²) >= 11 is 0. The van der Waals surface area contributed by atoms with Gasteiger partial charge in [0.15, 0.2) is 0 Å². The highest BCUT2D eigenvalue weighted by Gasteiger charge is 2.37. The molecule has 3 rings (SSSR count). The third-order valence-corrected chi connectivity index (χ3v) is 4.95. The molecule has 1 saturated heterocycles. The van der Waals surface area contributed by atoms with Crippen LogP contribution in [0, 0.1) is 11.7 Å². The van der Waals surface area contributed by atoms with E-state index in [4.69, 9.17) is 0 Å². The highest BCUT2D eigenvalue weighted by atomic mass is 19.1. The van der Waals surface area contributed by atoms with Crippen LogP contribution in [0.4, 0.5) is 4.39 Å². The Morgan fingerprint density at radius 1 is 1.30 bits per heavy atom. The minimum atomic E-state index is -0.152. The van der Waals surface area contributed by atoms with Crippen molar-refractivity contribution in [1.29, 1.82) is 0 Å². The summed E-state index contributed by atoms with van der Waals surface area (Å²) in [5.74, 6) is 0.809. The minimum absolute atomic E-state index is 0.152.